The number of rotatable bonds is 5. The van der Waals surface area contributed by atoms with Crippen LogP contribution in [0.4, 0.5) is 11.4 Å². The summed E-state index contributed by atoms with van der Waals surface area (Å²) < 4.78 is 0. The van der Waals surface area contributed by atoms with Crippen molar-refractivity contribution in [1.82, 2.24) is 5.32 Å². The molecule has 2 N–H and O–H groups in total. The predicted molar refractivity (Wildman–Crippen MR) is 101 cm³/mol. The molecular weight excluding hydrogens is 346 g/mol. The van der Waals surface area contributed by atoms with Gasteiger partial charge in [0.1, 0.15) is 6.54 Å². The number of aromatic carboxylic acids is 1. The SMILES string of the molecule is O=C(O)c1ccc2c(c1)N(C(=O)CNC1CCCC1)CC(=O)N2C1CCC1. The van der Waals surface area contributed by atoms with E-state index in [1.165, 1.54) is 29.9 Å². The van der Waals surface area contributed by atoms with Gasteiger partial charge in [-0.25, -0.2) is 4.79 Å². The third-order valence-corrected chi connectivity index (χ3v) is 5.97. The molecule has 0 bridgehead atoms. The predicted octanol–water partition coefficient (Wildman–Crippen LogP) is 2.15. The summed E-state index contributed by atoms with van der Waals surface area (Å²) in [6.45, 7) is 0.135. The lowest BCUT2D eigenvalue weighted by Gasteiger charge is -2.43. The van der Waals surface area contributed by atoms with Crippen LogP contribution in [-0.2, 0) is 9.59 Å². The lowest BCUT2D eigenvalue weighted by atomic mass is 9.90. The van der Waals surface area contributed by atoms with Crippen LogP contribution in [0, 0.1) is 0 Å². The van der Waals surface area contributed by atoms with Gasteiger partial charge in [0.2, 0.25) is 11.8 Å². The summed E-state index contributed by atoms with van der Waals surface area (Å²) in [4.78, 5) is 40.3. The summed E-state index contributed by atoms with van der Waals surface area (Å²) in [7, 11) is 0. The van der Waals surface area contributed by atoms with Gasteiger partial charge in [0.05, 0.1) is 23.5 Å². The van der Waals surface area contributed by atoms with Crippen molar-refractivity contribution in [2.75, 3.05) is 22.9 Å². The maximum Gasteiger partial charge on any atom is 0.335 e. The largest absolute Gasteiger partial charge is 0.478 e. The molecule has 7 nitrogen and oxygen atoms in total. The maximum absolute atomic E-state index is 12.8. The first-order chi connectivity index (χ1) is 13.0. The minimum Gasteiger partial charge on any atom is -0.478 e. The Bertz CT molecular complexity index is 768. The van der Waals surface area contributed by atoms with Crippen molar-refractivity contribution in [2.24, 2.45) is 0 Å². The Morgan fingerprint density at radius 3 is 2.44 bits per heavy atom. The normalized spacial score (nSPS) is 20.5. The number of carboxylic acid groups (broad SMARTS) is 1. The van der Waals surface area contributed by atoms with Gasteiger partial charge in [-0.2, -0.15) is 0 Å². The molecule has 0 saturated heterocycles. The molecule has 0 radical (unpaired) electrons. The molecule has 0 spiro atoms. The third-order valence-electron chi connectivity index (χ3n) is 5.97. The van der Waals surface area contributed by atoms with Crippen molar-refractivity contribution in [3.8, 4) is 0 Å². The topological polar surface area (TPSA) is 90.0 Å². The van der Waals surface area contributed by atoms with Crippen LogP contribution >= 0.6 is 0 Å². The van der Waals surface area contributed by atoms with Gasteiger partial charge in [-0.15, -0.1) is 0 Å². The molecule has 2 fully saturated rings. The number of carbonyl (C=O) groups excluding carboxylic acids is 2. The van der Waals surface area contributed by atoms with E-state index in [-0.39, 0.29) is 36.5 Å². The van der Waals surface area contributed by atoms with Gasteiger partial charge < -0.3 is 15.3 Å². The molecule has 0 unspecified atom stereocenters. The molecule has 0 atom stereocenters. The molecule has 2 amide bonds. The van der Waals surface area contributed by atoms with Crippen molar-refractivity contribution in [3.63, 3.8) is 0 Å². The Morgan fingerprint density at radius 2 is 1.81 bits per heavy atom. The molecule has 0 aromatic heterocycles. The second-order valence-electron chi connectivity index (χ2n) is 7.70. The van der Waals surface area contributed by atoms with E-state index in [4.69, 9.17) is 0 Å². The number of anilines is 2. The van der Waals surface area contributed by atoms with E-state index < -0.39 is 5.97 Å². The molecule has 2 saturated carbocycles. The molecule has 1 aromatic carbocycles. The van der Waals surface area contributed by atoms with E-state index in [0.29, 0.717) is 17.4 Å². The monoisotopic (exact) mass is 371 g/mol. The van der Waals surface area contributed by atoms with Gasteiger partial charge in [0.15, 0.2) is 0 Å². The zero-order chi connectivity index (χ0) is 19.0. The zero-order valence-electron chi connectivity index (χ0n) is 15.3. The molecule has 4 rings (SSSR count). The molecule has 1 aliphatic heterocycles. The minimum absolute atomic E-state index is 0.0300. The summed E-state index contributed by atoms with van der Waals surface area (Å²) in [5.74, 6) is -1.32. The van der Waals surface area contributed by atoms with Crippen molar-refractivity contribution in [2.45, 2.75) is 57.0 Å². The van der Waals surface area contributed by atoms with Crippen molar-refractivity contribution in [1.29, 1.82) is 0 Å². The number of nitrogens with zero attached hydrogens (tertiary/aromatic N) is 2. The summed E-state index contributed by atoms with van der Waals surface area (Å²) in [6.07, 6.45) is 7.48. The maximum atomic E-state index is 12.8. The Kier molecular flexibility index (Phi) is 4.86. The number of fused-ring (bicyclic) bond motifs is 1. The van der Waals surface area contributed by atoms with Gasteiger partial charge in [-0.05, 0) is 50.3 Å². The van der Waals surface area contributed by atoms with E-state index in [1.807, 2.05) is 0 Å². The number of nitrogens with one attached hydrogen (secondary N) is 1. The summed E-state index contributed by atoms with van der Waals surface area (Å²) in [5, 5.41) is 12.6. The van der Waals surface area contributed by atoms with E-state index in [0.717, 1.165) is 32.1 Å². The summed E-state index contributed by atoms with van der Waals surface area (Å²) in [6, 6.07) is 5.19. The van der Waals surface area contributed by atoms with Crippen molar-refractivity contribution >= 4 is 29.2 Å². The van der Waals surface area contributed by atoms with Gasteiger partial charge in [-0.3, -0.25) is 14.5 Å². The van der Waals surface area contributed by atoms with Crippen LogP contribution in [0.1, 0.15) is 55.3 Å². The second kappa shape index (κ2) is 7.31. The first-order valence-electron chi connectivity index (χ1n) is 9.78. The van der Waals surface area contributed by atoms with Crippen LogP contribution in [0.2, 0.25) is 0 Å². The van der Waals surface area contributed by atoms with Crippen LogP contribution < -0.4 is 15.1 Å². The summed E-state index contributed by atoms with van der Waals surface area (Å²) >= 11 is 0. The molecule has 3 aliphatic rings. The smallest absolute Gasteiger partial charge is 0.335 e. The fourth-order valence-electron chi connectivity index (χ4n) is 4.23. The number of hydrogen-bond acceptors (Lipinski definition) is 4. The number of benzene rings is 1. The molecule has 27 heavy (non-hydrogen) atoms. The lowest BCUT2D eigenvalue weighted by Crippen LogP contribution is -2.55. The van der Waals surface area contributed by atoms with E-state index >= 15 is 0 Å². The Labute approximate surface area is 158 Å². The molecular formula is C20H25N3O4. The van der Waals surface area contributed by atoms with E-state index in [2.05, 4.69) is 5.32 Å². The number of carbonyl (C=O) groups is 3. The van der Waals surface area contributed by atoms with Gasteiger partial charge >= 0.3 is 5.97 Å². The van der Waals surface area contributed by atoms with Crippen LogP contribution in [0.3, 0.4) is 0 Å². The van der Waals surface area contributed by atoms with Crippen LogP contribution in [0.5, 0.6) is 0 Å². The zero-order valence-corrected chi connectivity index (χ0v) is 15.3. The quantitative estimate of drug-likeness (QED) is 0.828. The Hall–Kier alpha value is -2.41. The van der Waals surface area contributed by atoms with Crippen LogP contribution in [-0.4, -0.2) is 48.1 Å². The fourth-order valence-corrected chi connectivity index (χ4v) is 4.23. The first kappa shape index (κ1) is 18.0. The molecule has 1 heterocycles. The highest BCUT2D eigenvalue weighted by molar-refractivity contribution is 6.12. The molecule has 1 aromatic rings. The van der Waals surface area contributed by atoms with Gasteiger partial charge in [0, 0.05) is 12.1 Å². The van der Waals surface area contributed by atoms with Gasteiger partial charge in [-0.1, -0.05) is 12.8 Å². The highest BCUT2D eigenvalue weighted by Gasteiger charge is 2.38. The molecule has 2 aliphatic carbocycles. The van der Waals surface area contributed by atoms with E-state index in [1.54, 1.807) is 11.0 Å². The molecule has 144 valence electrons. The van der Waals surface area contributed by atoms with E-state index in [9.17, 15) is 19.5 Å². The molecule has 7 heteroatoms. The average molecular weight is 371 g/mol. The van der Waals surface area contributed by atoms with Crippen LogP contribution in [0.25, 0.3) is 0 Å². The lowest BCUT2D eigenvalue weighted by molar-refractivity contribution is -0.123. The average Bonchev–Trinajstić information content (AvgIpc) is 3.13. The number of hydrogen-bond donors (Lipinski definition) is 2. The number of carboxylic acids is 1. The van der Waals surface area contributed by atoms with Crippen molar-refractivity contribution < 1.29 is 19.5 Å². The first-order valence-corrected chi connectivity index (χ1v) is 9.78. The van der Waals surface area contributed by atoms with Crippen molar-refractivity contribution in [3.05, 3.63) is 23.8 Å². The Balaban J connectivity index is 1.61. The standard InChI is InChI=1S/C20H25N3O4/c24-18(11-21-14-4-1-2-5-14)22-12-19(25)23(15-6-3-7-15)16-9-8-13(20(26)27)10-17(16)22/h8-10,14-15,21H,1-7,11-12H2,(H,26,27). The third kappa shape index (κ3) is 3.43. The summed E-state index contributed by atoms with van der Waals surface area (Å²) in [5.41, 5.74) is 1.30. The highest BCUT2D eigenvalue weighted by atomic mass is 16.4. The number of amides is 2. The highest BCUT2D eigenvalue weighted by Crippen LogP contribution is 2.39. The van der Waals surface area contributed by atoms with Gasteiger partial charge in [0.25, 0.3) is 0 Å². The fraction of sp³-hybridized carbons (Fsp3) is 0.550. The second-order valence-corrected chi connectivity index (χ2v) is 7.70. The minimum atomic E-state index is -1.04. The Morgan fingerprint density at radius 1 is 1.07 bits per heavy atom. The van der Waals surface area contributed by atoms with Crippen LogP contribution in [0.15, 0.2) is 18.2 Å².